The predicted molar refractivity (Wildman–Crippen MR) is 302 cm³/mol. The van der Waals surface area contributed by atoms with Crippen LogP contribution in [0.2, 0.25) is 0 Å². The number of hydrogen-bond acceptors (Lipinski definition) is 3. The summed E-state index contributed by atoms with van der Waals surface area (Å²) >= 11 is 0. The van der Waals surface area contributed by atoms with Crippen LogP contribution in [0.25, 0.3) is 75.6 Å². The van der Waals surface area contributed by atoms with Gasteiger partial charge in [0.05, 0.1) is 11.3 Å². The first kappa shape index (κ1) is 41.2. The topological polar surface area (TPSA) is 19.6 Å². The molecule has 0 fully saturated rings. The van der Waals surface area contributed by atoms with Crippen molar-refractivity contribution in [2.75, 3.05) is 9.80 Å². The summed E-state index contributed by atoms with van der Waals surface area (Å²) in [7, 11) is 0. The van der Waals surface area contributed by atoms with Crippen molar-refractivity contribution in [2.24, 2.45) is 0 Å². The van der Waals surface area contributed by atoms with E-state index in [0.29, 0.717) is 0 Å². The summed E-state index contributed by atoms with van der Waals surface area (Å²) in [5.74, 6) is 0. The molecule has 0 amide bonds. The van der Waals surface area contributed by atoms with Crippen LogP contribution in [0.5, 0.6) is 0 Å². The number of nitrogens with zero attached hydrogens (tertiary/aromatic N) is 2. The van der Waals surface area contributed by atoms with Gasteiger partial charge in [0.25, 0.3) is 6.71 Å². The van der Waals surface area contributed by atoms with Crippen LogP contribution in [-0.2, 0) is 10.8 Å². The molecule has 0 saturated heterocycles. The van der Waals surface area contributed by atoms with Gasteiger partial charge < -0.3 is 14.2 Å². The van der Waals surface area contributed by atoms with E-state index >= 15 is 0 Å². The van der Waals surface area contributed by atoms with E-state index in [1.165, 1.54) is 104 Å². The molecule has 0 unspecified atom stereocenters. The van der Waals surface area contributed by atoms with Gasteiger partial charge in [-0.3, -0.25) is 0 Å². The number of anilines is 6. The lowest BCUT2D eigenvalue weighted by atomic mass is 9.35. The fourth-order valence-corrected chi connectivity index (χ4v) is 12.3. The van der Waals surface area contributed by atoms with Gasteiger partial charge in [-0.05, 0) is 165 Å². The second-order valence-corrected chi connectivity index (χ2v) is 21.2. The van der Waals surface area contributed by atoms with Crippen molar-refractivity contribution in [2.45, 2.75) is 65.2 Å². The number of furan rings is 1. The number of rotatable bonds is 6. The van der Waals surface area contributed by atoms with E-state index in [4.69, 9.17) is 4.42 Å². The minimum atomic E-state index is -0.151. The van der Waals surface area contributed by atoms with E-state index in [1.54, 1.807) is 0 Å². The molecule has 0 atom stereocenters. The Morgan fingerprint density at radius 3 is 1.31 bits per heavy atom. The lowest BCUT2D eigenvalue weighted by Gasteiger charge is -2.43. The van der Waals surface area contributed by atoms with Gasteiger partial charge >= 0.3 is 0 Å². The van der Waals surface area contributed by atoms with Crippen molar-refractivity contribution in [1.29, 1.82) is 0 Å². The summed E-state index contributed by atoms with van der Waals surface area (Å²) in [4.78, 5) is 5.09. The highest BCUT2D eigenvalue weighted by Crippen LogP contribution is 2.50. The third-order valence-electron chi connectivity index (χ3n) is 16.9. The maximum absolute atomic E-state index is 7.44. The Morgan fingerprint density at radius 2 is 0.814 bits per heavy atom. The lowest BCUT2D eigenvalue weighted by Crippen LogP contribution is -2.61. The van der Waals surface area contributed by atoms with Crippen LogP contribution in [0.1, 0.15) is 65.5 Å². The zero-order valence-corrected chi connectivity index (χ0v) is 40.7. The number of hydrogen-bond donors (Lipinski definition) is 0. The van der Waals surface area contributed by atoms with Crippen molar-refractivity contribution in [1.82, 2.24) is 0 Å². The number of fused-ring (bicyclic) bond motifs is 18. The SMILES string of the molecule is CCC(C)(C)c1ccc2c(c1)B1c3oc4ccc(C(C)(C)CC)cc4c3N(c3ccc4c5ccccc5c5ccccc5c4c3)c3cccc(c31)N2c1ccc2c3ccccc3c3ccccc3c2c1. The quantitative estimate of drug-likeness (QED) is 0.122. The van der Waals surface area contributed by atoms with Gasteiger partial charge in [-0.25, -0.2) is 0 Å². The molecular weight excluding hydrogens is 848 g/mol. The molecule has 14 rings (SSSR count). The highest BCUT2D eigenvalue weighted by molar-refractivity contribution is 7.00. The van der Waals surface area contributed by atoms with Crippen LogP contribution < -0.4 is 26.4 Å². The van der Waals surface area contributed by atoms with Gasteiger partial charge in [0.2, 0.25) is 0 Å². The molecule has 3 nitrogen and oxygen atoms in total. The predicted octanol–water partition coefficient (Wildman–Crippen LogP) is 16.8. The van der Waals surface area contributed by atoms with Gasteiger partial charge in [-0.15, -0.1) is 0 Å². The third-order valence-corrected chi connectivity index (χ3v) is 16.9. The molecule has 3 heterocycles. The second-order valence-electron chi connectivity index (χ2n) is 21.2. The largest absolute Gasteiger partial charge is 0.468 e. The van der Waals surface area contributed by atoms with Crippen LogP contribution in [0.3, 0.4) is 0 Å². The minimum absolute atomic E-state index is 0.0120. The van der Waals surface area contributed by atoms with Crippen molar-refractivity contribution in [3.63, 3.8) is 0 Å². The Hall–Kier alpha value is -7.82. The van der Waals surface area contributed by atoms with Gasteiger partial charge in [0.1, 0.15) is 5.58 Å². The Kier molecular flexibility index (Phi) is 8.73. The molecular formula is C66H53BN2O. The highest BCUT2D eigenvalue weighted by Gasteiger charge is 2.47. The van der Waals surface area contributed by atoms with Gasteiger partial charge in [0.15, 0.2) is 0 Å². The Balaban J connectivity index is 1.09. The van der Waals surface area contributed by atoms with Crippen molar-refractivity contribution in [3.05, 3.63) is 199 Å². The van der Waals surface area contributed by atoms with Crippen LogP contribution >= 0.6 is 0 Å². The molecule has 336 valence electrons. The Bertz CT molecular complexity index is 4130. The fraction of sp³-hybridized carbons (Fsp3) is 0.152. The van der Waals surface area contributed by atoms with E-state index in [0.717, 1.165) is 46.5 Å². The molecule has 0 aliphatic carbocycles. The van der Waals surface area contributed by atoms with Crippen LogP contribution in [-0.4, -0.2) is 6.71 Å². The first-order chi connectivity index (χ1) is 34.1. The summed E-state index contributed by atoms with van der Waals surface area (Å²) in [5.41, 5.74) is 14.0. The maximum Gasteiger partial charge on any atom is 0.297 e. The number of benzene rings is 11. The van der Waals surface area contributed by atoms with Gasteiger partial charge in [-0.2, -0.15) is 0 Å². The lowest BCUT2D eigenvalue weighted by molar-refractivity contribution is 0.506. The minimum Gasteiger partial charge on any atom is -0.468 e. The van der Waals surface area contributed by atoms with Crippen molar-refractivity contribution < 1.29 is 4.42 Å². The van der Waals surface area contributed by atoms with Crippen molar-refractivity contribution in [3.8, 4) is 0 Å². The van der Waals surface area contributed by atoms with Gasteiger partial charge in [-0.1, -0.05) is 175 Å². The molecule has 0 N–H and O–H groups in total. The zero-order chi connectivity index (χ0) is 47.2. The van der Waals surface area contributed by atoms with E-state index in [-0.39, 0.29) is 17.5 Å². The van der Waals surface area contributed by atoms with Gasteiger partial charge in [0, 0.05) is 33.8 Å². The van der Waals surface area contributed by atoms with Crippen molar-refractivity contribution >= 4 is 133 Å². The molecule has 0 spiro atoms. The van der Waals surface area contributed by atoms with Crippen LogP contribution in [0, 0.1) is 0 Å². The first-order valence-electron chi connectivity index (χ1n) is 25.2. The molecule has 12 aromatic rings. The smallest absolute Gasteiger partial charge is 0.297 e. The van der Waals surface area contributed by atoms with Crippen LogP contribution in [0.4, 0.5) is 34.1 Å². The third kappa shape index (κ3) is 5.71. The average Bonchev–Trinajstić information content (AvgIpc) is 3.79. The molecule has 11 aromatic carbocycles. The summed E-state index contributed by atoms with van der Waals surface area (Å²) in [6.45, 7) is 13.9. The molecule has 0 radical (unpaired) electrons. The molecule has 2 aliphatic heterocycles. The Labute approximate surface area is 409 Å². The van der Waals surface area contributed by atoms with E-state index in [1.807, 2.05) is 0 Å². The molecule has 0 saturated carbocycles. The molecule has 4 heteroatoms. The highest BCUT2D eigenvalue weighted by atomic mass is 16.3. The van der Waals surface area contributed by atoms with E-state index in [9.17, 15) is 0 Å². The molecule has 70 heavy (non-hydrogen) atoms. The monoisotopic (exact) mass is 900 g/mol. The Morgan fingerprint density at radius 1 is 0.386 bits per heavy atom. The average molecular weight is 901 g/mol. The van der Waals surface area contributed by atoms with E-state index in [2.05, 4.69) is 239 Å². The zero-order valence-electron chi connectivity index (χ0n) is 40.7. The van der Waals surface area contributed by atoms with E-state index < -0.39 is 0 Å². The molecule has 2 aliphatic rings. The molecule has 1 aromatic heterocycles. The first-order valence-corrected chi connectivity index (χ1v) is 25.2. The summed E-state index contributed by atoms with van der Waals surface area (Å²) in [6, 6.07) is 71.1. The molecule has 0 bridgehead atoms. The second kappa shape index (κ2) is 14.8. The summed E-state index contributed by atoms with van der Waals surface area (Å²) in [5, 5.41) is 16.4. The van der Waals surface area contributed by atoms with Crippen LogP contribution in [0.15, 0.2) is 192 Å². The standard InChI is InChI=1S/C66H53BN2O/c1-7-65(3,4)40-29-35-61-56(36-40)63-64(70-61)67-57-37-41(66(5,6)8-2)28-34-58(57)68(42-30-32-52-48-22-11-9-18-44(48)46-20-13-15-24-50(46)54(52)38-42)59-26-17-27-60(62(59)67)69(63)43-31-33-53-49-23-12-10-19-45(49)47-21-14-16-25-51(47)55(53)39-43/h9-39H,7-8H2,1-6H3. The summed E-state index contributed by atoms with van der Waals surface area (Å²) in [6.07, 6.45) is 2.06. The summed E-state index contributed by atoms with van der Waals surface area (Å²) < 4.78 is 7.44. The fourth-order valence-electron chi connectivity index (χ4n) is 12.3. The normalized spacial score (nSPS) is 13.6. The maximum atomic E-state index is 7.44.